The molecule has 0 atom stereocenters. The fraction of sp³-hybridized carbons (Fsp3) is 0.415. The Kier molecular flexibility index (Phi) is 21.3. The summed E-state index contributed by atoms with van der Waals surface area (Å²) in [6, 6.07) is 53.0. The molecule has 7 heteroatoms. The van der Waals surface area contributed by atoms with Gasteiger partial charge in [0.25, 0.3) is 0 Å². The molecular weight excluding hydrogens is 1160 g/mol. The van der Waals surface area contributed by atoms with Gasteiger partial charge in [0.2, 0.25) is 0 Å². The Labute approximate surface area is 537 Å². The molecule has 462 valence electrons. The van der Waals surface area contributed by atoms with E-state index in [0.29, 0.717) is 11.1 Å². The monoisotopic (exact) mass is 1250 g/mol. The van der Waals surface area contributed by atoms with Gasteiger partial charge in [-0.2, -0.15) is 0 Å². The van der Waals surface area contributed by atoms with Gasteiger partial charge in [0.1, 0.15) is 0 Å². The van der Waals surface area contributed by atoms with Crippen LogP contribution in [0.2, 0.25) is 0 Å². The van der Waals surface area contributed by atoms with E-state index in [1.54, 1.807) is 24.3 Å². The Balaban J connectivity index is 1.04. The van der Waals surface area contributed by atoms with E-state index in [-0.39, 0.29) is 25.8 Å². The predicted molar refractivity (Wildman–Crippen MR) is 374 cm³/mol. The topological polar surface area (TPSA) is 100 Å². The van der Waals surface area contributed by atoms with Crippen molar-refractivity contribution in [3.63, 3.8) is 0 Å². The molecule has 9 aromatic rings. The van der Waals surface area contributed by atoms with Crippen molar-refractivity contribution in [3.05, 3.63) is 179 Å². The van der Waals surface area contributed by atoms with Gasteiger partial charge in [0.15, 0.2) is 0 Å². The molecule has 0 fully saturated rings. The molecule has 1 aromatic heterocycles. The second-order valence-corrected chi connectivity index (χ2v) is 27.4. The Morgan fingerprint density at radius 1 is 0.337 bits per heavy atom. The van der Waals surface area contributed by atoms with Gasteiger partial charge in [-0.05, 0) is 24.3 Å². The van der Waals surface area contributed by atoms with Crippen molar-refractivity contribution in [2.75, 3.05) is 0 Å². The second-order valence-electron chi connectivity index (χ2n) is 26.3. The number of aromatic carboxylic acids is 2. The van der Waals surface area contributed by atoms with Crippen molar-refractivity contribution in [1.82, 2.24) is 7.96 Å². The maximum atomic E-state index is 12.0. The number of unbranched alkanes of at least 4 members (excludes halogenated alkanes) is 20. The Bertz CT molecular complexity index is 3610. The number of benzene rings is 8. The zero-order valence-corrected chi connectivity index (χ0v) is 55.4. The third-order valence-corrected chi connectivity index (χ3v) is 21.6. The van der Waals surface area contributed by atoms with E-state index in [1.807, 2.05) is 24.3 Å². The molecule has 8 aromatic carbocycles. The third kappa shape index (κ3) is 13.5. The van der Waals surface area contributed by atoms with Crippen LogP contribution < -0.4 is 0 Å². The SMILES string of the molecule is CCCCCCCCC1(CCCCCCCC)c2cc(-c3ccc(C(=O)O)cc3)ccc2-c2ccc(-c3c4ccccc4c(-c4ccc5c(c4)C(CCCCCCCC)(CCCCCCCC)c4cc(-c6ccc(C(=O)O)cc6)ccc4-5)c4n[se]nc34)cc21. The molecule has 0 radical (unpaired) electrons. The molecule has 11 rings (SSSR count). The van der Waals surface area contributed by atoms with Crippen LogP contribution in [0.3, 0.4) is 0 Å². The Morgan fingerprint density at radius 3 is 0.910 bits per heavy atom. The first kappa shape index (κ1) is 63.6. The van der Waals surface area contributed by atoms with Crippen molar-refractivity contribution < 1.29 is 19.8 Å². The molecule has 0 aliphatic heterocycles. The van der Waals surface area contributed by atoms with Gasteiger partial charge in [-0.3, -0.25) is 0 Å². The van der Waals surface area contributed by atoms with Crippen LogP contribution in [0.15, 0.2) is 146 Å². The molecule has 0 amide bonds. The van der Waals surface area contributed by atoms with Crippen LogP contribution in [-0.4, -0.2) is 45.1 Å². The summed E-state index contributed by atoms with van der Waals surface area (Å²) in [7, 11) is 0. The van der Waals surface area contributed by atoms with Crippen LogP contribution in [0, 0.1) is 0 Å². The number of carboxylic acids is 2. The first-order valence-corrected chi connectivity index (χ1v) is 36.1. The van der Waals surface area contributed by atoms with Gasteiger partial charge in [0.05, 0.1) is 11.1 Å². The summed E-state index contributed by atoms with van der Waals surface area (Å²) in [5.41, 5.74) is 22.5. The minimum absolute atomic E-state index is 0.192. The second kappa shape index (κ2) is 29.8. The molecular formula is C82H94N2O4Se. The first-order chi connectivity index (χ1) is 43.6. The predicted octanol–water partition coefficient (Wildman–Crippen LogP) is 23.4. The molecule has 0 saturated heterocycles. The summed E-state index contributed by atoms with van der Waals surface area (Å²) in [5, 5.41) is 22.1. The summed E-state index contributed by atoms with van der Waals surface area (Å²) < 4.78 is 10.9. The number of carboxylic acid groups (broad SMARTS) is 2. The van der Waals surface area contributed by atoms with Crippen LogP contribution in [-0.2, 0) is 10.8 Å². The van der Waals surface area contributed by atoms with E-state index in [1.165, 1.54) is 232 Å². The van der Waals surface area contributed by atoms with Gasteiger partial charge in [-0.15, -0.1) is 0 Å². The molecule has 0 saturated carbocycles. The van der Waals surface area contributed by atoms with Crippen molar-refractivity contribution in [1.29, 1.82) is 0 Å². The van der Waals surface area contributed by atoms with E-state index in [0.717, 1.165) is 59.0 Å². The van der Waals surface area contributed by atoms with Gasteiger partial charge in [-0.1, -0.05) is 79.1 Å². The molecule has 89 heavy (non-hydrogen) atoms. The standard InChI is InChI=1S/C82H94N2O4Se/c1-5-9-13-17-21-27-49-81(50-28-22-18-14-10-6-2)71-53-61(57-33-37-59(38-34-57)79(85)86)41-45-65(71)67-47-43-63(55-73(67)81)75-69-31-25-26-32-70(69)76(78-77(75)83-89-84-78)64-44-48-68-66-46-42-62(58-35-39-60(40-36-58)80(87)88)54-72(66)82(74(68)56-64,51-29-23-19-15-11-7-3)52-30-24-20-16-12-8-4/h25-26,31-48,53-56H,5-24,27-30,49-52H2,1-4H3,(H,85,86)(H,87,88). The van der Waals surface area contributed by atoms with Gasteiger partial charge >= 0.3 is 406 Å². The summed E-state index contributed by atoms with van der Waals surface area (Å²) >= 11 is -0.306. The van der Waals surface area contributed by atoms with Crippen LogP contribution in [0.4, 0.5) is 0 Å². The molecule has 2 aliphatic rings. The van der Waals surface area contributed by atoms with Crippen LogP contribution >= 0.6 is 0 Å². The Hall–Kier alpha value is -6.92. The maximum absolute atomic E-state index is 12.0. The third-order valence-electron chi connectivity index (χ3n) is 20.5. The van der Waals surface area contributed by atoms with Crippen molar-refractivity contribution in [3.8, 4) is 66.8 Å². The fourth-order valence-electron chi connectivity index (χ4n) is 15.7. The number of hydrogen-bond acceptors (Lipinski definition) is 4. The van der Waals surface area contributed by atoms with E-state index >= 15 is 0 Å². The number of hydrogen-bond donors (Lipinski definition) is 2. The van der Waals surface area contributed by atoms with Crippen molar-refractivity contribution >= 4 is 48.7 Å². The minimum atomic E-state index is -0.904. The first-order valence-electron chi connectivity index (χ1n) is 34.6. The zero-order valence-electron chi connectivity index (χ0n) is 53.7. The molecule has 2 aliphatic carbocycles. The van der Waals surface area contributed by atoms with E-state index in [9.17, 15) is 19.8 Å². The normalized spacial score (nSPS) is 13.4. The van der Waals surface area contributed by atoms with Crippen LogP contribution in [0.25, 0.3) is 88.6 Å². The van der Waals surface area contributed by atoms with E-state index < -0.39 is 11.9 Å². The molecule has 6 nitrogen and oxygen atoms in total. The summed E-state index contributed by atoms with van der Waals surface area (Å²) in [6.45, 7) is 9.21. The number of carbonyl (C=O) groups is 2. The molecule has 1 heterocycles. The van der Waals surface area contributed by atoms with E-state index in [4.69, 9.17) is 7.96 Å². The van der Waals surface area contributed by atoms with Crippen LogP contribution in [0.5, 0.6) is 0 Å². The average molecular weight is 1250 g/mol. The zero-order chi connectivity index (χ0) is 61.7. The average Bonchev–Trinajstić information content (AvgIpc) is 1.64. The number of fused-ring (bicyclic) bond motifs is 8. The van der Waals surface area contributed by atoms with Crippen LogP contribution in [0.1, 0.15) is 250 Å². The fourth-order valence-corrected chi connectivity index (χ4v) is 16.9. The number of rotatable bonds is 34. The quantitative estimate of drug-likeness (QED) is 0.0308. The van der Waals surface area contributed by atoms with Gasteiger partial charge < -0.3 is 10.2 Å². The van der Waals surface area contributed by atoms with Crippen molar-refractivity contribution in [2.45, 2.75) is 218 Å². The summed E-state index contributed by atoms with van der Waals surface area (Å²) in [6.07, 6.45) is 34.2. The van der Waals surface area contributed by atoms with E-state index in [2.05, 4.69) is 125 Å². The van der Waals surface area contributed by atoms with Gasteiger partial charge in [-0.25, -0.2) is 9.59 Å². The van der Waals surface area contributed by atoms with Crippen molar-refractivity contribution in [2.24, 2.45) is 0 Å². The summed E-state index contributed by atoms with van der Waals surface area (Å²) in [4.78, 5) is 24.0. The molecule has 2 N–H and O–H groups in total. The molecule has 0 spiro atoms. The summed E-state index contributed by atoms with van der Waals surface area (Å²) in [5.74, 6) is -1.81. The number of nitrogens with zero attached hydrogens (tertiary/aromatic N) is 2. The molecule has 0 unspecified atom stereocenters. The van der Waals surface area contributed by atoms with Gasteiger partial charge in [0, 0.05) is 0 Å². The molecule has 0 bridgehead atoms. The number of aromatic nitrogens is 2. The Morgan fingerprint density at radius 2 is 0.607 bits per heavy atom.